The Bertz CT molecular complexity index is 1400. The van der Waals surface area contributed by atoms with E-state index in [2.05, 4.69) is 34.6 Å². The van der Waals surface area contributed by atoms with E-state index in [1.165, 1.54) is 49.8 Å². The second-order valence-electron chi connectivity index (χ2n) is 10.7. The summed E-state index contributed by atoms with van der Waals surface area (Å²) in [6.45, 7) is 1.47. The van der Waals surface area contributed by atoms with Gasteiger partial charge in [0.25, 0.3) is 5.91 Å². The van der Waals surface area contributed by atoms with Crippen LogP contribution in [0, 0.1) is 0 Å². The average Bonchev–Trinajstić information content (AvgIpc) is 3.01. The molecule has 0 atom stereocenters. The number of carbonyl (C=O) groups excluding carboxylic acids is 1. The maximum atomic E-state index is 13.4. The Balaban J connectivity index is 1.26. The summed E-state index contributed by atoms with van der Waals surface area (Å²) >= 11 is 0. The number of rotatable bonds is 9. The first-order chi connectivity index (χ1) is 19.8. The predicted octanol–water partition coefficient (Wildman–Crippen LogP) is 8.03. The molecule has 0 bridgehead atoms. The van der Waals surface area contributed by atoms with Crippen LogP contribution in [0.5, 0.6) is 0 Å². The number of pyridine rings is 1. The zero-order valence-electron chi connectivity index (χ0n) is 22.9. The van der Waals surface area contributed by atoms with Crippen LogP contribution >= 0.6 is 0 Å². The monoisotopic (exact) mass is 557 g/mol. The molecule has 0 aliphatic heterocycles. The van der Waals surface area contributed by atoms with E-state index in [0.29, 0.717) is 12.6 Å². The molecule has 5 rings (SSSR count). The lowest BCUT2D eigenvalue weighted by Crippen LogP contribution is -2.30. The molecule has 1 amide bonds. The second-order valence-corrected chi connectivity index (χ2v) is 10.7. The van der Waals surface area contributed by atoms with Crippen molar-refractivity contribution in [1.29, 1.82) is 0 Å². The topological polar surface area (TPSA) is 45.2 Å². The van der Waals surface area contributed by atoms with Crippen molar-refractivity contribution < 1.29 is 18.0 Å². The molecule has 7 heteroatoms. The molecule has 1 aliphatic rings. The molecule has 0 unspecified atom stereocenters. The van der Waals surface area contributed by atoms with Gasteiger partial charge in [0.05, 0.1) is 5.56 Å². The molecule has 4 aromatic rings. The van der Waals surface area contributed by atoms with Gasteiger partial charge in [0, 0.05) is 43.6 Å². The SMILES string of the molecule is O=C(c1ccc(C(F)(F)F)cc1)N(Cc1ccc(-c2ccc(CNC3CCCCC3)cc2)cc1)Cc1cccnc1. The van der Waals surface area contributed by atoms with Crippen LogP contribution in [-0.4, -0.2) is 21.8 Å². The number of hydrogen-bond donors (Lipinski definition) is 1. The molecule has 1 N–H and O–H groups in total. The summed E-state index contributed by atoms with van der Waals surface area (Å²) in [7, 11) is 0. The summed E-state index contributed by atoms with van der Waals surface area (Å²) in [6, 6.07) is 25.3. The third kappa shape index (κ3) is 7.82. The highest BCUT2D eigenvalue weighted by Crippen LogP contribution is 2.29. The number of nitrogens with zero attached hydrogens (tertiary/aromatic N) is 2. The molecule has 1 aromatic heterocycles. The van der Waals surface area contributed by atoms with Gasteiger partial charge in [-0.05, 0) is 71.0 Å². The summed E-state index contributed by atoms with van der Waals surface area (Å²) in [5.74, 6) is -0.343. The Kier molecular flexibility index (Phi) is 9.14. The van der Waals surface area contributed by atoms with Crippen LogP contribution in [0.15, 0.2) is 97.3 Å². The van der Waals surface area contributed by atoms with Crippen molar-refractivity contribution in [2.75, 3.05) is 0 Å². The zero-order valence-corrected chi connectivity index (χ0v) is 22.9. The molecular formula is C34H34F3N3O. The summed E-state index contributed by atoms with van der Waals surface area (Å²) in [6.07, 6.45) is 5.40. The lowest BCUT2D eigenvalue weighted by Gasteiger charge is -2.23. The van der Waals surface area contributed by atoms with Crippen molar-refractivity contribution in [2.45, 2.75) is 64.0 Å². The Morgan fingerprint density at radius 3 is 1.98 bits per heavy atom. The third-order valence-electron chi connectivity index (χ3n) is 7.66. The molecule has 4 nitrogen and oxygen atoms in total. The zero-order chi connectivity index (χ0) is 28.7. The molecular weight excluding hydrogens is 523 g/mol. The van der Waals surface area contributed by atoms with Crippen molar-refractivity contribution in [3.8, 4) is 11.1 Å². The van der Waals surface area contributed by atoms with E-state index in [1.807, 2.05) is 30.3 Å². The Morgan fingerprint density at radius 1 is 0.780 bits per heavy atom. The maximum absolute atomic E-state index is 13.4. The fraction of sp³-hybridized carbons (Fsp3) is 0.294. The highest BCUT2D eigenvalue weighted by Gasteiger charge is 2.30. The van der Waals surface area contributed by atoms with Gasteiger partial charge in [-0.25, -0.2) is 0 Å². The van der Waals surface area contributed by atoms with E-state index in [-0.39, 0.29) is 18.0 Å². The van der Waals surface area contributed by atoms with Gasteiger partial charge < -0.3 is 10.2 Å². The van der Waals surface area contributed by atoms with Gasteiger partial charge in [0.2, 0.25) is 0 Å². The maximum Gasteiger partial charge on any atom is 0.416 e. The van der Waals surface area contributed by atoms with Crippen molar-refractivity contribution in [2.24, 2.45) is 0 Å². The van der Waals surface area contributed by atoms with E-state index in [4.69, 9.17) is 0 Å². The molecule has 1 saturated carbocycles. The van der Waals surface area contributed by atoms with Crippen molar-refractivity contribution in [3.05, 3.63) is 125 Å². The fourth-order valence-electron chi connectivity index (χ4n) is 5.30. The van der Waals surface area contributed by atoms with Crippen LogP contribution in [0.1, 0.15) is 64.7 Å². The van der Waals surface area contributed by atoms with Crippen molar-refractivity contribution in [3.63, 3.8) is 0 Å². The fourth-order valence-corrected chi connectivity index (χ4v) is 5.30. The number of benzene rings is 3. The summed E-state index contributed by atoms with van der Waals surface area (Å²) in [4.78, 5) is 19.2. The molecule has 0 saturated heterocycles. The first kappa shape index (κ1) is 28.6. The molecule has 0 spiro atoms. The highest BCUT2D eigenvalue weighted by molar-refractivity contribution is 5.94. The third-order valence-corrected chi connectivity index (χ3v) is 7.66. The summed E-state index contributed by atoms with van der Waals surface area (Å²) < 4.78 is 39.1. The molecule has 212 valence electrons. The molecule has 1 heterocycles. The van der Waals surface area contributed by atoms with E-state index in [9.17, 15) is 18.0 Å². The van der Waals surface area contributed by atoms with Gasteiger partial charge in [0.15, 0.2) is 0 Å². The van der Waals surface area contributed by atoms with Gasteiger partial charge in [-0.3, -0.25) is 9.78 Å². The standard InChI is InChI=1S/C34H34F3N3O/c35-34(36,37)31-18-16-30(17-19-31)33(41)40(24-27-5-4-20-38-21-27)23-26-10-14-29(15-11-26)28-12-8-25(9-13-28)22-39-32-6-2-1-3-7-32/h4-5,8-21,32,39H,1-3,6-7,22-24H2. The molecule has 3 aromatic carbocycles. The second kappa shape index (κ2) is 13.1. The van der Waals surface area contributed by atoms with E-state index in [1.54, 1.807) is 23.4 Å². The minimum atomic E-state index is -4.45. The van der Waals surface area contributed by atoms with Gasteiger partial charge in [-0.1, -0.05) is 73.9 Å². The van der Waals surface area contributed by atoms with Crippen molar-refractivity contribution >= 4 is 5.91 Å². The van der Waals surface area contributed by atoms with Crippen molar-refractivity contribution in [1.82, 2.24) is 15.2 Å². The average molecular weight is 558 g/mol. The summed E-state index contributed by atoms with van der Waals surface area (Å²) in [5, 5.41) is 3.68. The van der Waals surface area contributed by atoms with E-state index in [0.717, 1.165) is 40.9 Å². The number of aromatic nitrogens is 1. The lowest BCUT2D eigenvalue weighted by atomic mass is 9.95. The minimum absolute atomic E-state index is 0.205. The molecule has 0 radical (unpaired) electrons. The number of hydrogen-bond acceptors (Lipinski definition) is 3. The Hall–Kier alpha value is -3.97. The number of halogens is 3. The van der Waals surface area contributed by atoms with Crippen LogP contribution in [-0.2, 0) is 25.8 Å². The largest absolute Gasteiger partial charge is 0.416 e. The highest BCUT2D eigenvalue weighted by atomic mass is 19.4. The quantitative estimate of drug-likeness (QED) is 0.227. The van der Waals surface area contributed by atoms with Crippen LogP contribution in [0.4, 0.5) is 13.2 Å². The lowest BCUT2D eigenvalue weighted by molar-refractivity contribution is -0.137. The van der Waals surface area contributed by atoms with Gasteiger partial charge in [-0.15, -0.1) is 0 Å². The van der Waals surface area contributed by atoms with Gasteiger partial charge >= 0.3 is 6.18 Å². The van der Waals surface area contributed by atoms with Crippen LogP contribution in [0.25, 0.3) is 11.1 Å². The Morgan fingerprint density at radius 2 is 1.39 bits per heavy atom. The normalized spacial score (nSPS) is 14.1. The number of alkyl halides is 3. The van der Waals surface area contributed by atoms with E-state index >= 15 is 0 Å². The first-order valence-corrected chi connectivity index (χ1v) is 14.1. The first-order valence-electron chi connectivity index (χ1n) is 14.1. The number of carbonyl (C=O) groups is 1. The minimum Gasteiger partial charge on any atom is -0.330 e. The predicted molar refractivity (Wildman–Crippen MR) is 155 cm³/mol. The number of nitrogens with one attached hydrogen (secondary N) is 1. The molecule has 1 aliphatic carbocycles. The molecule has 41 heavy (non-hydrogen) atoms. The Labute approximate surface area is 239 Å². The molecule has 1 fully saturated rings. The van der Waals surface area contributed by atoms with Crippen LogP contribution in [0.2, 0.25) is 0 Å². The van der Waals surface area contributed by atoms with E-state index < -0.39 is 11.7 Å². The van der Waals surface area contributed by atoms with Gasteiger partial charge in [0.1, 0.15) is 0 Å². The van der Waals surface area contributed by atoms with Crippen LogP contribution < -0.4 is 5.32 Å². The van der Waals surface area contributed by atoms with Gasteiger partial charge in [-0.2, -0.15) is 13.2 Å². The number of amides is 1. The smallest absolute Gasteiger partial charge is 0.330 e. The summed E-state index contributed by atoms with van der Waals surface area (Å²) in [5.41, 5.74) is 4.64. The van der Waals surface area contributed by atoms with Crippen LogP contribution in [0.3, 0.4) is 0 Å².